The molecule has 2 heterocycles. The molecule has 5 rings (SSSR count). The van der Waals surface area contributed by atoms with Crippen LogP contribution in [0.3, 0.4) is 0 Å². The van der Waals surface area contributed by atoms with Gasteiger partial charge in [-0.25, -0.2) is 4.98 Å². The van der Waals surface area contributed by atoms with E-state index >= 15 is 0 Å². The molecule has 4 aromatic rings. The van der Waals surface area contributed by atoms with Crippen LogP contribution in [-0.2, 0) is 17.6 Å². The van der Waals surface area contributed by atoms with Gasteiger partial charge < -0.3 is 15.3 Å². The molecule has 3 N–H and O–H groups in total. The van der Waals surface area contributed by atoms with E-state index in [1.807, 2.05) is 24.3 Å². The quantitative estimate of drug-likeness (QED) is 0.474. The molecule has 2 aromatic heterocycles. The maximum absolute atomic E-state index is 12.6. The summed E-state index contributed by atoms with van der Waals surface area (Å²) in [6, 6.07) is 15.7. The molecule has 152 valence electrons. The van der Waals surface area contributed by atoms with E-state index in [4.69, 9.17) is 0 Å². The van der Waals surface area contributed by atoms with Gasteiger partial charge in [0.15, 0.2) is 0 Å². The van der Waals surface area contributed by atoms with Crippen LogP contribution in [0, 0.1) is 0 Å². The first-order chi connectivity index (χ1) is 14.7. The Kier molecular flexibility index (Phi) is 4.83. The molecule has 0 aliphatic heterocycles. The van der Waals surface area contributed by atoms with E-state index in [0.29, 0.717) is 36.0 Å². The van der Waals surface area contributed by atoms with Gasteiger partial charge >= 0.3 is 0 Å². The van der Waals surface area contributed by atoms with Gasteiger partial charge in [-0.05, 0) is 49.4 Å². The van der Waals surface area contributed by atoms with E-state index in [2.05, 4.69) is 38.5 Å². The molecule has 0 bridgehead atoms. The molecule has 2 aromatic carbocycles. The second-order valence-corrected chi connectivity index (χ2v) is 7.96. The van der Waals surface area contributed by atoms with Gasteiger partial charge in [-0.3, -0.25) is 9.59 Å². The van der Waals surface area contributed by atoms with Crippen LogP contribution in [0.1, 0.15) is 48.8 Å². The highest BCUT2D eigenvalue weighted by atomic mass is 16.1. The van der Waals surface area contributed by atoms with Gasteiger partial charge in [-0.15, -0.1) is 0 Å². The maximum Gasteiger partial charge on any atom is 0.258 e. The number of carbonyl (C=O) groups is 1. The van der Waals surface area contributed by atoms with E-state index in [-0.39, 0.29) is 17.5 Å². The second kappa shape index (κ2) is 7.78. The fraction of sp³-hybridized carbons (Fsp3) is 0.292. The first kappa shape index (κ1) is 18.6. The van der Waals surface area contributed by atoms with Gasteiger partial charge in [-0.2, -0.15) is 0 Å². The monoisotopic (exact) mass is 400 g/mol. The van der Waals surface area contributed by atoms with Gasteiger partial charge in [-0.1, -0.05) is 30.3 Å². The number of nitrogens with zero attached hydrogens (tertiary/aromatic N) is 1. The average molecular weight is 400 g/mol. The number of nitrogens with one attached hydrogen (secondary N) is 3. The predicted molar refractivity (Wildman–Crippen MR) is 117 cm³/mol. The summed E-state index contributed by atoms with van der Waals surface area (Å²) in [5.74, 6) is 0.664. The highest BCUT2D eigenvalue weighted by Crippen LogP contribution is 2.34. The molecule has 1 aliphatic carbocycles. The highest BCUT2D eigenvalue weighted by Gasteiger charge is 2.25. The molecule has 30 heavy (non-hydrogen) atoms. The van der Waals surface area contributed by atoms with Crippen LogP contribution >= 0.6 is 0 Å². The Morgan fingerprint density at radius 1 is 1.07 bits per heavy atom. The van der Waals surface area contributed by atoms with Crippen molar-refractivity contribution in [2.75, 3.05) is 0 Å². The molecule has 0 fully saturated rings. The maximum atomic E-state index is 12.6. The minimum absolute atomic E-state index is 0.0345. The molecular formula is C24H24N4O2. The summed E-state index contributed by atoms with van der Waals surface area (Å²) in [6.07, 6.45) is 4.68. The number of carbonyl (C=O) groups excluding carboxylic acids is 1. The van der Waals surface area contributed by atoms with E-state index in [9.17, 15) is 9.59 Å². The summed E-state index contributed by atoms with van der Waals surface area (Å²) in [6.45, 7) is 0. The topological polar surface area (TPSA) is 90.6 Å². The van der Waals surface area contributed by atoms with Crippen molar-refractivity contribution in [1.29, 1.82) is 0 Å². The molecule has 1 atom stereocenters. The van der Waals surface area contributed by atoms with Crippen molar-refractivity contribution in [2.45, 2.75) is 44.6 Å². The summed E-state index contributed by atoms with van der Waals surface area (Å²) in [5.41, 5.74) is 4.18. The largest absolute Gasteiger partial charge is 0.356 e. The summed E-state index contributed by atoms with van der Waals surface area (Å²) in [7, 11) is 0. The third kappa shape index (κ3) is 3.49. The lowest BCUT2D eigenvalue weighted by molar-refractivity contribution is -0.122. The lowest BCUT2D eigenvalue weighted by Crippen LogP contribution is -2.31. The number of aryl methyl sites for hydroxylation is 2. The van der Waals surface area contributed by atoms with Gasteiger partial charge in [0, 0.05) is 29.4 Å². The average Bonchev–Trinajstić information content (AvgIpc) is 3.14. The second-order valence-electron chi connectivity index (χ2n) is 7.96. The molecule has 6 nitrogen and oxygen atoms in total. The zero-order valence-corrected chi connectivity index (χ0v) is 16.7. The van der Waals surface area contributed by atoms with Crippen molar-refractivity contribution in [3.05, 3.63) is 76.0 Å². The summed E-state index contributed by atoms with van der Waals surface area (Å²) >= 11 is 0. The molecular weight excluding hydrogens is 376 g/mol. The molecule has 0 saturated heterocycles. The third-order valence-electron chi connectivity index (χ3n) is 5.93. The SMILES string of the molecule is O=C(CCCc1nc2ccccc2c(=O)[nH]1)N[C@@H]1CCCc2c1[nH]c1ccccc21. The highest BCUT2D eigenvalue weighted by molar-refractivity contribution is 5.85. The van der Waals surface area contributed by atoms with E-state index < -0.39 is 0 Å². The van der Waals surface area contributed by atoms with Crippen LogP contribution in [0.5, 0.6) is 0 Å². The number of hydrogen-bond donors (Lipinski definition) is 3. The zero-order chi connectivity index (χ0) is 20.5. The summed E-state index contributed by atoms with van der Waals surface area (Å²) < 4.78 is 0. The predicted octanol–water partition coefficient (Wildman–Crippen LogP) is 3.92. The number of rotatable bonds is 5. The van der Waals surface area contributed by atoms with Crippen LogP contribution in [-0.4, -0.2) is 20.9 Å². The zero-order valence-electron chi connectivity index (χ0n) is 16.7. The Balaban J connectivity index is 1.23. The van der Waals surface area contributed by atoms with E-state index in [1.165, 1.54) is 10.9 Å². The molecule has 1 amide bonds. The minimum atomic E-state index is -0.131. The Hall–Kier alpha value is -3.41. The smallest absolute Gasteiger partial charge is 0.258 e. The number of amides is 1. The molecule has 6 heteroatoms. The molecule has 1 aliphatic rings. The van der Waals surface area contributed by atoms with Crippen molar-refractivity contribution in [3.63, 3.8) is 0 Å². The van der Waals surface area contributed by atoms with E-state index in [0.717, 1.165) is 30.5 Å². The Morgan fingerprint density at radius 2 is 1.87 bits per heavy atom. The van der Waals surface area contributed by atoms with Gasteiger partial charge in [0.05, 0.1) is 16.9 Å². The number of fused-ring (bicyclic) bond motifs is 4. The fourth-order valence-corrected chi connectivity index (χ4v) is 4.50. The Labute approximate surface area is 173 Å². The Morgan fingerprint density at radius 3 is 2.77 bits per heavy atom. The van der Waals surface area contributed by atoms with Crippen molar-refractivity contribution < 1.29 is 4.79 Å². The lowest BCUT2D eigenvalue weighted by Gasteiger charge is -2.24. The Bertz CT molecular complexity index is 1290. The van der Waals surface area contributed by atoms with Gasteiger partial charge in [0.1, 0.15) is 5.82 Å². The van der Waals surface area contributed by atoms with Gasteiger partial charge in [0.25, 0.3) is 5.56 Å². The molecule has 0 unspecified atom stereocenters. The first-order valence-corrected chi connectivity index (χ1v) is 10.6. The standard InChI is InChI=1S/C24H24N4O2/c29-22(14-6-13-21-25-19-11-4-2-8-17(19)24(30)28-21)26-20-12-5-9-16-15-7-1-3-10-18(15)27-23(16)20/h1-4,7-8,10-11,20,27H,5-6,9,12-14H2,(H,26,29)(H,25,28,30)/t20-/m1/s1. The normalized spacial score (nSPS) is 15.9. The minimum Gasteiger partial charge on any atom is -0.356 e. The van der Waals surface area contributed by atoms with Crippen LogP contribution in [0.15, 0.2) is 53.3 Å². The van der Waals surface area contributed by atoms with Crippen LogP contribution in [0.4, 0.5) is 0 Å². The number of para-hydroxylation sites is 2. The van der Waals surface area contributed by atoms with Crippen molar-refractivity contribution >= 4 is 27.7 Å². The molecule has 0 radical (unpaired) electrons. The fourth-order valence-electron chi connectivity index (χ4n) is 4.50. The van der Waals surface area contributed by atoms with Crippen molar-refractivity contribution in [3.8, 4) is 0 Å². The number of aromatic amines is 2. The third-order valence-corrected chi connectivity index (χ3v) is 5.93. The van der Waals surface area contributed by atoms with Crippen LogP contribution < -0.4 is 10.9 Å². The van der Waals surface area contributed by atoms with Crippen LogP contribution in [0.25, 0.3) is 21.8 Å². The first-order valence-electron chi connectivity index (χ1n) is 10.6. The number of hydrogen-bond acceptors (Lipinski definition) is 3. The number of benzene rings is 2. The summed E-state index contributed by atoms with van der Waals surface area (Å²) in [5, 5.41) is 5.05. The summed E-state index contributed by atoms with van der Waals surface area (Å²) in [4.78, 5) is 35.6. The molecule has 0 saturated carbocycles. The van der Waals surface area contributed by atoms with Crippen molar-refractivity contribution in [1.82, 2.24) is 20.3 Å². The lowest BCUT2D eigenvalue weighted by atomic mass is 9.91. The van der Waals surface area contributed by atoms with E-state index in [1.54, 1.807) is 6.07 Å². The van der Waals surface area contributed by atoms with Crippen LogP contribution in [0.2, 0.25) is 0 Å². The number of aromatic nitrogens is 3. The van der Waals surface area contributed by atoms with Gasteiger partial charge in [0.2, 0.25) is 5.91 Å². The van der Waals surface area contributed by atoms with Crippen molar-refractivity contribution in [2.24, 2.45) is 0 Å². The number of H-pyrrole nitrogens is 2. The molecule has 0 spiro atoms.